The standard InChI is InChI=1S/C20H15BrN2O3S/c1-25-15-7-4-13(5-8-15)19(24)23(12-16-3-2-10-26-16)20-22-17-9-6-14(21)11-18(17)27-20/h2-11H,12H2,1H3. The van der Waals surface area contributed by atoms with Crippen LogP contribution < -0.4 is 9.64 Å². The molecule has 136 valence electrons. The first-order valence-corrected chi connectivity index (χ1v) is 9.79. The number of furan rings is 1. The first-order valence-electron chi connectivity index (χ1n) is 8.18. The van der Waals surface area contributed by atoms with Gasteiger partial charge in [-0.3, -0.25) is 9.69 Å². The van der Waals surface area contributed by atoms with Gasteiger partial charge in [0.1, 0.15) is 11.5 Å². The van der Waals surface area contributed by atoms with Crippen LogP contribution in [0.15, 0.2) is 69.8 Å². The number of halogens is 1. The van der Waals surface area contributed by atoms with E-state index in [2.05, 4.69) is 20.9 Å². The van der Waals surface area contributed by atoms with E-state index in [-0.39, 0.29) is 5.91 Å². The summed E-state index contributed by atoms with van der Waals surface area (Å²) in [6.07, 6.45) is 1.60. The summed E-state index contributed by atoms with van der Waals surface area (Å²) in [5.41, 5.74) is 1.41. The zero-order valence-corrected chi connectivity index (χ0v) is 16.8. The molecule has 2 aromatic carbocycles. The Labute approximate surface area is 168 Å². The number of aromatic nitrogens is 1. The van der Waals surface area contributed by atoms with Gasteiger partial charge in [0.25, 0.3) is 5.91 Å². The van der Waals surface area contributed by atoms with Crippen LogP contribution >= 0.6 is 27.3 Å². The van der Waals surface area contributed by atoms with Crippen molar-refractivity contribution in [1.82, 2.24) is 4.98 Å². The molecule has 2 heterocycles. The minimum atomic E-state index is -0.146. The lowest BCUT2D eigenvalue weighted by molar-refractivity contribution is 0.0983. The van der Waals surface area contributed by atoms with E-state index in [0.29, 0.717) is 28.7 Å². The molecule has 27 heavy (non-hydrogen) atoms. The van der Waals surface area contributed by atoms with Crippen molar-refractivity contribution in [1.29, 1.82) is 0 Å². The van der Waals surface area contributed by atoms with Crippen molar-refractivity contribution in [2.24, 2.45) is 0 Å². The molecule has 0 saturated heterocycles. The molecule has 0 N–H and O–H groups in total. The Morgan fingerprint density at radius 3 is 2.74 bits per heavy atom. The van der Waals surface area contributed by atoms with Crippen LogP contribution in [0.25, 0.3) is 10.2 Å². The van der Waals surface area contributed by atoms with Gasteiger partial charge in [-0.15, -0.1) is 0 Å². The Morgan fingerprint density at radius 2 is 2.04 bits per heavy atom. The minimum absolute atomic E-state index is 0.146. The van der Waals surface area contributed by atoms with Crippen molar-refractivity contribution in [2.45, 2.75) is 6.54 Å². The summed E-state index contributed by atoms with van der Waals surface area (Å²) >= 11 is 4.95. The average molecular weight is 443 g/mol. The van der Waals surface area contributed by atoms with Crippen LogP contribution in [-0.2, 0) is 6.54 Å². The third-order valence-electron chi connectivity index (χ3n) is 4.05. The number of amides is 1. The van der Waals surface area contributed by atoms with Crippen LogP contribution in [0.1, 0.15) is 16.1 Å². The molecule has 0 spiro atoms. The number of benzene rings is 2. The van der Waals surface area contributed by atoms with E-state index in [4.69, 9.17) is 9.15 Å². The maximum absolute atomic E-state index is 13.2. The highest BCUT2D eigenvalue weighted by Crippen LogP contribution is 2.32. The van der Waals surface area contributed by atoms with E-state index >= 15 is 0 Å². The van der Waals surface area contributed by atoms with E-state index in [1.807, 2.05) is 24.3 Å². The third-order valence-corrected chi connectivity index (χ3v) is 5.58. The number of thiazole rings is 1. The Kier molecular flexibility index (Phi) is 4.96. The quantitative estimate of drug-likeness (QED) is 0.408. The molecule has 0 atom stereocenters. The van der Waals surface area contributed by atoms with E-state index in [1.54, 1.807) is 48.6 Å². The van der Waals surface area contributed by atoms with E-state index < -0.39 is 0 Å². The minimum Gasteiger partial charge on any atom is -0.497 e. The average Bonchev–Trinajstić information content (AvgIpc) is 3.34. The molecular weight excluding hydrogens is 428 g/mol. The first kappa shape index (κ1) is 17.8. The monoisotopic (exact) mass is 442 g/mol. The fourth-order valence-electron chi connectivity index (χ4n) is 2.68. The fraction of sp³-hybridized carbons (Fsp3) is 0.100. The number of methoxy groups -OCH3 is 1. The maximum Gasteiger partial charge on any atom is 0.260 e. The number of nitrogens with zero attached hydrogens (tertiary/aromatic N) is 2. The van der Waals surface area contributed by atoms with Crippen LogP contribution in [0.4, 0.5) is 5.13 Å². The summed E-state index contributed by atoms with van der Waals surface area (Å²) < 4.78 is 12.6. The van der Waals surface area contributed by atoms with Crippen LogP contribution in [0.5, 0.6) is 5.75 Å². The van der Waals surface area contributed by atoms with E-state index in [9.17, 15) is 4.79 Å². The molecule has 0 aliphatic carbocycles. The summed E-state index contributed by atoms with van der Waals surface area (Å²) in [5, 5.41) is 0.625. The van der Waals surface area contributed by atoms with Crippen LogP contribution in [0.2, 0.25) is 0 Å². The molecule has 0 aliphatic heterocycles. The molecule has 0 radical (unpaired) electrons. The van der Waals surface area contributed by atoms with Gasteiger partial charge in [-0.2, -0.15) is 0 Å². The molecule has 4 rings (SSSR count). The Hall–Kier alpha value is -2.64. The largest absolute Gasteiger partial charge is 0.497 e. The highest BCUT2D eigenvalue weighted by molar-refractivity contribution is 9.10. The summed E-state index contributed by atoms with van der Waals surface area (Å²) in [6, 6.07) is 16.6. The number of ether oxygens (including phenoxy) is 1. The van der Waals surface area contributed by atoms with Crippen molar-refractivity contribution in [3.63, 3.8) is 0 Å². The van der Waals surface area contributed by atoms with Crippen molar-refractivity contribution >= 4 is 48.5 Å². The molecular formula is C20H15BrN2O3S. The number of rotatable bonds is 5. The molecule has 2 aromatic heterocycles. The molecule has 4 aromatic rings. The smallest absolute Gasteiger partial charge is 0.260 e. The van der Waals surface area contributed by atoms with Gasteiger partial charge in [-0.25, -0.2) is 4.98 Å². The van der Waals surface area contributed by atoms with Crippen molar-refractivity contribution in [2.75, 3.05) is 12.0 Å². The van der Waals surface area contributed by atoms with Gasteiger partial charge in [0.05, 0.1) is 30.1 Å². The fourth-order valence-corrected chi connectivity index (χ4v) is 4.19. The summed E-state index contributed by atoms with van der Waals surface area (Å²) in [5.74, 6) is 1.25. The Morgan fingerprint density at radius 1 is 1.22 bits per heavy atom. The normalized spacial score (nSPS) is 10.9. The lowest BCUT2D eigenvalue weighted by atomic mass is 10.2. The molecule has 7 heteroatoms. The van der Waals surface area contributed by atoms with E-state index in [0.717, 1.165) is 14.7 Å². The van der Waals surface area contributed by atoms with Crippen LogP contribution in [0.3, 0.4) is 0 Å². The van der Waals surface area contributed by atoms with Gasteiger partial charge < -0.3 is 9.15 Å². The van der Waals surface area contributed by atoms with Gasteiger partial charge in [0.15, 0.2) is 5.13 Å². The molecule has 0 unspecified atom stereocenters. The second-order valence-corrected chi connectivity index (χ2v) is 7.73. The van der Waals surface area contributed by atoms with E-state index in [1.165, 1.54) is 11.3 Å². The first-order chi connectivity index (χ1) is 13.1. The predicted molar refractivity (Wildman–Crippen MR) is 110 cm³/mol. The molecule has 0 saturated carbocycles. The highest BCUT2D eigenvalue weighted by Gasteiger charge is 2.23. The van der Waals surface area contributed by atoms with Crippen LogP contribution in [0, 0.1) is 0 Å². The highest BCUT2D eigenvalue weighted by atomic mass is 79.9. The Balaban J connectivity index is 1.73. The van der Waals surface area contributed by atoms with Gasteiger partial charge in [0.2, 0.25) is 0 Å². The van der Waals surface area contributed by atoms with Gasteiger partial charge in [-0.05, 0) is 54.6 Å². The molecule has 5 nitrogen and oxygen atoms in total. The SMILES string of the molecule is COc1ccc(C(=O)N(Cc2ccco2)c2nc3ccc(Br)cc3s2)cc1. The number of hydrogen-bond acceptors (Lipinski definition) is 5. The lowest BCUT2D eigenvalue weighted by Gasteiger charge is -2.19. The summed E-state index contributed by atoms with van der Waals surface area (Å²) in [4.78, 5) is 19.5. The van der Waals surface area contributed by atoms with Gasteiger partial charge in [0, 0.05) is 10.0 Å². The van der Waals surface area contributed by atoms with Gasteiger partial charge in [-0.1, -0.05) is 27.3 Å². The van der Waals surface area contributed by atoms with Crippen molar-refractivity contribution in [3.05, 3.63) is 76.7 Å². The van der Waals surface area contributed by atoms with Crippen molar-refractivity contribution in [3.8, 4) is 5.75 Å². The maximum atomic E-state index is 13.2. The lowest BCUT2D eigenvalue weighted by Crippen LogP contribution is -2.30. The summed E-state index contributed by atoms with van der Waals surface area (Å²) in [7, 11) is 1.60. The van der Waals surface area contributed by atoms with Crippen LogP contribution in [-0.4, -0.2) is 18.0 Å². The predicted octanol–water partition coefficient (Wildman–Crippen LogP) is 5.51. The third kappa shape index (κ3) is 3.74. The van der Waals surface area contributed by atoms with Gasteiger partial charge >= 0.3 is 0 Å². The van der Waals surface area contributed by atoms with Crippen molar-refractivity contribution < 1.29 is 13.9 Å². The number of fused-ring (bicyclic) bond motifs is 1. The zero-order chi connectivity index (χ0) is 18.8. The number of carbonyl (C=O) groups excluding carboxylic acids is 1. The molecule has 0 fully saturated rings. The molecule has 0 aliphatic rings. The summed E-state index contributed by atoms with van der Waals surface area (Å²) in [6.45, 7) is 0.304. The zero-order valence-electron chi connectivity index (χ0n) is 14.4. The number of anilines is 1. The second-order valence-electron chi connectivity index (χ2n) is 5.81. The number of carbonyl (C=O) groups is 1. The molecule has 1 amide bonds. The molecule has 0 bridgehead atoms. The Bertz CT molecular complexity index is 1070. The topological polar surface area (TPSA) is 55.6 Å². The number of hydrogen-bond donors (Lipinski definition) is 0. The second kappa shape index (κ2) is 7.54.